The molecule has 3 heteroatoms. The molecule has 15 heavy (non-hydrogen) atoms. The van der Waals surface area contributed by atoms with Crippen LogP contribution in [0.4, 0.5) is 0 Å². The van der Waals surface area contributed by atoms with Gasteiger partial charge in [-0.2, -0.15) is 0 Å². The first-order valence-electron chi connectivity index (χ1n) is 5.81. The molecule has 1 aliphatic heterocycles. The van der Waals surface area contributed by atoms with Crippen molar-refractivity contribution in [3.8, 4) is 0 Å². The van der Waals surface area contributed by atoms with Crippen molar-refractivity contribution in [1.82, 2.24) is 10.1 Å². The zero-order chi connectivity index (χ0) is 10.8. The summed E-state index contributed by atoms with van der Waals surface area (Å²) < 4.78 is 5.19. The molecule has 2 heterocycles. The SMILES string of the molecule is Cc1noc(C)c1CN1CCC[C@@H](C)C1. The van der Waals surface area contributed by atoms with Crippen LogP contribution in [0.15, 0.2) is 4.52 Å². The number of rotatable bonds is 2. The van der Waals surface area contributed by atoms with Crippen LogP contribution in [0.5, 0.6) is 0 Å². The molecular weight excluding hydrogens is 188 g/mol. The molecule has 1 aromatic heterocycles. The van der Waals surface area contributed by atoms with E-state index in [1.54, 1.807) is 0 Å². The van der Waals surface area contributed by atoms with Gasteiger partial charge in [-0.15, -0.1) is 0 Å². The van der Waals surface area contributed by atoms with E-state index in [-0.39, 0.29) is 0 Å². The summed E-state index contributed by atoms with van der Waals surface area (Å²) in [4.78, 5) is 2.51. The number of nitrogens with zero attached hydrogens (tertiary/aromatic N) is 2. The molecule has 0 amide bonds. The summed E-state index contributed by atoms with van der Waals surface area (Å²) in [6, 6.07) is 0. The van der Waals surface area contributed by atoms with E-state index < -0.39 is 0 Å². The smallest absolute Gasteiger partial charge is 0.138 e. The minimum atomic E-state index is 0.833. The molecule has 84 valence electrons. The lowest BCUT2D eigenvalue weighted by molar-refractivity contribution is 0.175. The van der Waals surface area contributed by atoms with Gasteiger partial charge in [-0.25, -0.2) is 0 Å². The van der Waals surface area contributed by atoms with Crippen LogP contribution in [0.1, 0.15) is 36.8 Å². The van der Waals surface area contributed by atoms with Gasteiger partial charge in [-0.05, 0) is 39.2 Å². The van der Waals surface area contributed by atoms with Gasteiger partial charge >= 0.3 is 0 Å². The third-order valence-corrected chi connectivity index (χ3v) is 3.30. The predicted octanol–water partition coefficient (Wildman–Crippen LogP) is 2.52. The molecule has 1 aromatic rings. The maximum absolute atomic E-state index is 5.19. The van der Waals surface area contributed by atoms with E-state index in [0.717, 1.165) is 23.9 Å². The van der Waals surface area contributed by atoms with Gasteiger partial charge in [0.15, 0.2) is 0 Å². The summed E-state index contributed by atoms with van der Waals surface area (Å²) in [6.45, 7) is 9.80. The van der Waals surface area contributed by atoms with Gasteiger partial charge in [0.2, 0.25) is 0 Å². The molecular formula is C12H20N2O. The minimum Gasteiger partial charge on any atom is -0.361 e. The van der Waals surface area contributed by atoms with Crippen LogP contribution in [-0.2, 0) is 6.54 Å². The van der Waals surface area contributed by atoms with Gasteiger partial charge in [0.1, 0.15) is 5.76 Å². The minimum absolute atomic E-state index is 0.833. The Hall–Kier alpha value is -0.830. The van der Waals surface area contributed by atoms with Gasteiger partial charge in [-0.3, -0.25) is 4.90 Å². The maximum Gasteiger partial charge on any atom is 0.138 e. The number of likely N-dealkylation sites (tertiary alicyclic amines) is 1. The number of piperidine rings is 1. The molecule has 1 saturated heterocycles. The van der Waals surface area contributed by atoms with Gasteiger partial charge in [0, 0.05) is 18.7 Å². The molecule has 0 aromatic carbocycles. The monoisotopic (exact) mass is 208 g/mol. The fourth-order valence-corrected chi connectivity index (χ4v) is 2.38. The van der Waals surface area contributed by atoms with Crippen molar-refractivity contribution in [1.29, 1.82) is 0 Å². The highest BCUT2D eigenvalue weighted by atomic mass is 16.5. The van der Waals surface area contributed by atoms with E-state index in [1.165, 1.54) is 31.5 Å². The molecule has 1 aliphatic rings. The first-order chi connectivity index (χ1) is 7.16. The Morgan fingerprint density at radius 1 is 1.47 bits per heavy atom. The van der Waals surface area contributed by atoms with Gasteiger partial charge < -0.3 is 4.52 Å². The molecule has 0 bridgehead atoms. The van der Waals surface area contributed by atoms with Crippen LogP contribution in [0.2, 0.25) is 0 Å². The molecule has 1 atom stereocenters. The summed E-state index contributed by atoms with van der Waals surface area (Å²) in [6.07, 6.45) is 2.70. The van der Waals surface area contributed by atoms with Crippen molar-refractivity contribution >= 4 is 0 Å². The van der Waals surface area contributed by atoms with Crippen LogP contribution in [-0.4, -0.2) is 23.1 Å². The van der Waals surface area contributed by atoms with E-state index >= 15 is 0 Å². The van der Waals surface area contributed by atoms with Crippen LogP contribution < -0.4 is 0 Å². The largest absolute Gasteiger partial charge is 0.361 e. The molecule has 0 unspecified atom stereocenters. The number of aromatic nitrogens is 1. The van der Waals surface area contributed by atoms with E-state index in [4.69, 9.17) is 4.52 Å². The highest BCUT2D eigenvalue weighted by Crippen LogP contribution is 2.20. The van der Waals surface area contributed by atoms with E-state index in [9.17, 15) is 0 Å². The van der Waals surface area contributed by atoms with Crippen LogP contribution in [0.25, 0.3) is 0 Å². The second-order valence-corrected chi connectivity index (χ2v) is 4.79. The van der Waals surface area contributed by atoms with Crippen molar-refractivity contribution in [3.63, 3.8) is 0 Å². The van der Waals surface area contributed by atoms with Gasteiger partial charge in [0.05, 0.1) is 5.69 Å². The lowest BCUT2D eigenvalue weighted by atomic mass is 9.99. The predicted molar refractivity (Wildman–Crippen MR) is 59.7 cm³/mol. The Morgan fingerprint density at radius 2 is 2.27 bits per heavy atom. The maximum atomic E-state index is 5.19. The average Bonchev–Trinajstić information content (AvgIpc) is 2.50. The Kier molecular flexibility index (Phi) is 3.10. The van der Waals surface area contributed by atoms with Crippen LogP contribution >= 0.6 is 0 Å². The third-order valence-electron chi connectivity index (χ3n) is 3.30. The summed E-state index contributed by atoms with van der Waals surface area (Å²) in [5.41, 5.74) is 2.33. The zero-order valence-corrected chi connectivity index (χ0v) is 9.92. The summed E-state index contributed by atoms with van der Waals surface area (Å²) >= 11 is 0. The van der Waals surface area contributed by atoms with Crippen molar-refractivity contribution in [2.45, 2.75) is 40.2 Å². The van der Waals surface area contributed by atoms with E-state index in [2.05, 4.69) is 17.0 Å². The van der Waals surface area contributed by atoms with Crippen LogP contribution in [0.3, 0.4) is 0 Å². The molecule has 0 spiro atoms. The molecule has 1 fully saturated rings. The van der Waals surface area contributed by atoms with Crippen molar-refractivity contribution < 1.29 is 4.52 Å². The Morgan fingerprint density at radius 3 is 2.87 bits per heavy atom. The van der Waals surface area contributed by atoms with Gasteiger partial charge in [-0.1, -0.05) is 12.1 Å². The second kappa shape index (κ2) is 4.35. The first-order valence-corrected chi connectivity index (χ1v) is 5.81. The molecule has 0 saturated carbocycles. The second-order valence-electron chi connectivity index (χ2n) is 4.79. The zero-order valence-electron chi connectivity index (χ0n) is 9.92. The van der Waals surface area contributed by atoms with Crippen molar-refractivity contribution in [2.24, 2.45) is 5.92 Å². The topological polar surface area (TPSA) is 29.3 Å². The lowest BCUT2D eigenvalue weighted by Crippen LogP contribution is -2.33. The standard InChI is InChI=1S/C12H20N2O/c1-9-5-4-6-14(7-9)8-12-10(2)13-15-11(12)3/h9H,4-8H2,1-3H3/t9-/m1/s1. The van der Waals surface area contributed by atoms with E-state index in [0.29, 0.717) is 0 Å². The molecule has 0 radical (unpaired) electrons. The van der Waals surface area contributed by atoms with Crippen molar-refractivity contribution in [2.75, 3.05) is 13.1 Å². The Balaban J connectivity index is 2.02. The third kappa shape index (κ3) is 2.40. The molecule has 3 nitrogen and oxygen atoms in total. The summed E-state index contributed by atoms with van der Waals surface area (Å²) in [7, 11) is 0. The fraction of sp³-hybridized carbons (Fsp3) is 0.750. The number of hydrogen-bond donors (Lipinski definition) is 0. The average molecular weight is 208 g/mol. The highest BCUT2D eigenvalue weighted by molar-refractivity contribution is 5.20. The van der Waals surface area contributed by atoms with Crippen molar-refractivity contribution in [3.05, 3.63) is 17.0 Å². The fourth-order valence-electron chi connectivity index (χ4n) is 2.38. The number of aryl methyl sites for hydroxylation is 2. The van der Waals surface area contributed by atoms with E-state index in [1.807, 2.05) is 13.8 Å². The molecule has 0 aliphatic carbocycles. The lowest BCUT2D eigenvalue weighted by Gasteiger charge is -2.30. The summed E-state index contributed by atoms with van der Waals surface area (Å²) in [5, 5.41) is 4.00. The highest BCUT2D eigenvalue weighted by Gasteiger charge is 2.19. The number of hydrogen-bond acceptors (Lipinski definition) is 3. The summed E-state index contributed by atoms with van der Waals surface area (Å²) in [5.74, 6) is 1.81. The first kappa shape index (κ1) is 10.7. The van der Waals surface area contributed by atoms with Gasteiger partial charge in [0.25, 0.3) is 0 Å². The Labute approximate surface area is 91.4 Å². The van der Waals surface area contributed by atoms with Crippen LogP contribution in [0, 0.1) is 19.8 Å². The molecule has 2 rings (SSSR count). The Bertz CT molecular complexity index is 313. The molecule has 0 N–H and O–H groups in total. The quantitative estimate of drug-likeness (QED) is 0.748. The normalized spacial score (nSPS) is 23.3.